The number of aryl methyl sites for hydroxylation is 1. The zero-order valence-electron chi connectivity index (χ0n) is 12.1. The molecule has 1 aromatic rings. The minimum atomic E-state index is -0.161. The Morgan fingerprint density at radius 1 is 1.58 bits per heavy atom. The zero-order valence-corrected chi connectivity index (χ0v) is 12.9. The molecule has 0 aliphatic rings. The van der Waals surface area contributed by atoms with Crippen LogP contribution in [0.5, 0.6) is 0 Å². The number of carbonyl (C=O) groups is 1. The highest BCUT2D eigenvalue weighted by molar-refractivity contribution is 7.13. The smallest absolute Gasteiger partial charge is 0.306 e. The highest BCUT2D eigenvalue weighted by Gasteiger charge is 2.09. The summed E-state index contributed by atoms with van der Waals surface area (Å²) >= 11 is 1.58. The quantitative estimate of drug-likeness (QED) is 0.740. The van der Waals surface area contributed by atoms with Crippen molar-refractivity contribution in [2.24, 2.45) is 0 Å². The largest absolute Gasteiger partial charge is 0.466 e. The van der Waals surface area contributed by atoms with E-state index in [0.29, 0.717) is 25.5 Å². The number of nitrogens with zero attached hydrogens (tertiary/aromatic N) is 2. The summed E-state index contributed by atoms with van der Waals surface area (Å²) in [5.41, 5.74) is 0.942. The van der Waals surface area contributed by atoms with Crippen molar-refractivity contribution in [3.8, 4) is 0 Å². The van der Waals surface area contributed by atoms with E-state index in [0.717, 1.165) is 17.4 Å². The molecule has 0 saturated heterocycles. The summed E-state index contributed by atoms with van der Waals surface area (Å²) < 4.78 is 4.89. The number of carbonyl (C=O) groups excluding carboxylic acids is 1. The first-order valence-electron chi connectivity index (χ1n) is 6.52. The summed E-state index contributed by atoms with van der Waals surface area (Å²) in [5, 5.41) is 6.26. The Balaban J connectivity index is 2.37. The molecule has 0 saturated carbocycles. The van der Waals surface area contributed by atoms with Gasteiger partial charge in [0.05, 0.1) is 18.7 Å². The maximum atomic E-state index is 11.3. The molecule has 6 heteroatoms. The number of hydrogen-bond acceptors (Lipinski definition) is 6. The van der Waals surface area contributed by atoms with Crippen LogP contribution in [0, 0.1) is 0 Å². The van der Waals surface area contributed by atoms with E-state index in [4.69, 9.17) is 4.74 Å². The molecule has 0 fully saturated rings. The molecule has 0 aliphatic carbocycles. The standard InChI is InChI=1S/C13H23N3O2S/c1-5-18-12(17)7-6-11-9-19-13(15-11)14-10(2)8-16(3)4/h9-10H,5-8H2,1-4H3,(H,14,15). The molecular weight excluding hydrogens is 262 g/mol. The number of thiazole rings is 1. The number of likely N-dealkylation sites (N-methyl/N-ethyl adjacent to an activating group) is 1. The molecule has 5 nitrogen and oxygen atoms in total. The van der Waals surface area contributed by atoms with Crippen LogP contribution in [0.25, 0.3) is 0 Å². The first kappa shape index (κ1) is 15.9. The van der Waals surface area contributed by atoms with E-state index < -0.39 is 0 Å². The van der Waals surface area contributed by atoms with Gasteiger partial charge in [0, 0.05) is 24.4 Å². The van der Waals surface area contributed by atoms with Crippen molar-refractivity contribution >= 4 is 22.4 Å². The van der Waals surface area contributed by atoms with Crippen LogP contribution >= 0.6 is 11.3 Å². The molecule has 0 spiro atoms. The van der Waals surface area contributed by atoms with Crippen molar-refractivity contribution in [2.75, 3.05) is 32.6 Å². The van der Waals surface area contributed by atoms with Gasteiger partial charge in [0.1, 0.15) is 0 Å². The molecule has 1 atom stereocenters. The number of aromatic nitrogens is 1. The van der Waals surface area contributed by atoms with Crippen molar-refractivity contribution in [1.29, 1.82) is 0 Å². The molecule has 0 bridgehead atoms. The van der Waals surface area contributed by atoms with Crippen LogP contribution in [0.3, 0.4) is 0 Å². The Hall–Kier alpha value is -1.14. The third-order valence-electron chi connectivity index (χ3n) is 2.45. The summed E-state index contributed by atoms with van der Waals surface area (Å²) in [5.74, 6) is -0.161. The van der Waals surface area contributed by atoms with E-state index in [1.54, 1.807) is 11.3 Å². The van der Waals surface area contributed by atoms with Gasteiger partial charge in [-0.1, -0.05) is 0 Å². The lowest BCUT2D eigenvalue weighted by molar-refractivity contribution is -0.143. The van der Waals surface area contributed by atoms with E-state index in [-0.39, 0.29) is 5.97 Å². The van der Waals surface area contributed by atoms with Gasteiger partial charge in [-0.25, -0.2) is 4.98 Å². The Morgan fingerprint density at radius 2 is 2.32 bits per heavy atom. The van der Waals surface area contributed by atoms with Gasteiger partial charge < -0.3 is 15.0 Å². The molecule has 1 heterocycles. The topological polar surface area (TPSA) is 54.5 Å². The molecule has 1 rings (SSSR count). The van der Waals surface area contributed by atoms with Crippen LogP contribution in [0.15, 0.2) is 5.38 Å². The lowest BCUT2D eigenvalue weighted by atomic mass is 10.2. The highest BCUT2D eigenvalue weighted by atomic mass is 32.1. The second-order valence-electron chi connectivity index (χ2n) is 4.76. The molecule has 0 aliphatic heterocycles. The van der Waals surface area contributed by atoms with Gasteiger partial charge in [-0.3, -0.25) is 4.79 Å². The number of esters is 1. The lowest BCUT2D eigenvalue weighted by Crippen LogP contribution is -2.29. The van der Waals surface area contributed by atoms with E-state index >= 15 is 0 Å². The predicted octanol–water partition coefficient (Wildman–Crippen LogP) is 2.00. The third-order valence-corrected chi connectivity index (χ3v) is 3.27. The van der Waals surface area contributed by atoms with Crippen LogP contribution in [0.2, 0.25) is 0 Å². The van der Waals surface area contributed by atoms with Crippen LogP contribution in [-0.2, 0) is 16.0 Å². The van der Waals surface area contributed by atoms with Gasteiger partial charge >= 0.3 is 5.97 Å². The first-order valence-corrected chi connectivity index (χ1v) is 7.40. The van der Waals surface area contributed by atoms with Crippen LogP contribution in [0.1, 0.15) is 26.0 Å². The normalized spacial score (nSPS) is 12.5. The van der Waals surface area contributed by atoms with Crippen molar-refractivity contribution in [2.45, 2.75) is 32.7 Å². The fourth-order valence-corrected chi connectivity index (χ4v) is 2.61. The van der Waals surface area contributed by atoms with Crippen molar-refractivity contribution in [3.05, 3.63) is 11.1 Å². The molecule has 0 radical (unpaired) electrons. The molecule has 1 N–H and O–H groups in total. The van der Waals surface area contributed by atoms with Crippen molar-refractivity contribution < 1.29 is 9.53 Å². The Bertz CT molecular complexity index is 393. The van der Waals surface area contributed by atoms with Crippen LogP contribution in [0.4, 0.5) is 5.13 Å². The maximum absolute atomic E-state index is 11.3. The van der Waals surface area contributed by atoms with Crippen molar-refractivity contribution in [1.82, 2.24) is 9.88 Å². The van der Waals surface area contributed by atoms with Gasteiger partial charge in [0.15, 0.2) is 5.13 Å². The highest BCUT2D eigenvalue weighted by Crippen LogP contribution is 2.17. The number of hydrogen-bond donors (Lipinski definition) is 1. The monoisotopic (exact) mass is 285 g/mol. The fraction of sp³-hybridized carbons (Fsp3) is 0.692. The summed E-state index contributed by atoms with van der Waals surface area (Å²) in [6.07, 6.45) is 1.03. The number of rotatable bonds is 8. The van der Waals surface area contributed by atoms with E-state index in [2.05, 4.69) is 22.1 Å². The third kappa shape index (κ3) is 6.54. The number of nitrogens with one attached hydrogen (secondary N) is 1. The minimum Gasteiger partial charge on any atom is -0.466 e. The molecule has 108 valence electrons. The lowest BCUT2D eigenvalue weighted by Gasteiger charge is -2.17. The van der Waals surface area contributed by atoms with Gasteiger partial charge in [0.2, 0.25) is 0 Å². The van der Waals surface area contributed by atoms with Gasteiger partial charge in [-0.15, -0.1) is 11.3 Å². The second-order valence-corrected chi connectivity index (χ2v) is 5.61. The number of anilines is 1. The fourth-order valence-electron chi connectivity index (χ4n) is 1.76. The van der Waals surface area contributed by atoms with Gasteiger partial charge in [-0.2, -0.15) is 0 Å². The summed E-state index contributed by atoms with van der Waals surface area (Å²) in [7, 11) is 4.09. The van der Waals surface area contributed by atoms with Crippen LogP contribution < -0.4 is 5.32 Å². The maximum Gasteiger partial charge on any atom is 0.306 e. The van der Waals surface area contributed by atoms with Gasteiger partial charge in [-0.05, 0) is 27.9 Å². The average molecular weight is 285 g/mol. The summed E-state index contributed by atoms with van der Waals surface area (Å²) in [4.78, 5) is 17.9. The molecule has 0 amide bonds. The molecular formula is C13H23N3O2S. The van der Waals surface area contributed by atoms with E-state index in [1.165, 1.54) is 0 Å². The van der Waals surface area contributed by atoms with Gasteiger partial charge in [0.25, 0.3) is 0 Å². The zero-order chi connectivity index (χ0) is 14.3. The average Bonchev–Trinajstić information content (AvgIpc) is 2.73. The Labute approximate surface area is 119 Å². The Morgan fingerprint density at radius 3 is 2.95 bits per heavy atom. The first-order chi connectivity index (χ1) is 9.01. The van der Waals surface area contributed by atoms with E-state index in [9.17, 15) is 4.79 Å². The minimum absolute atomic E-state index is 0.161. The van der Waals surface area contributed by atoms with E-state index in [1.807, 2.05) is 26.4 Å². The molecule has 1 unspecified atom stereocenters. The summed E-state index contributed by atoms with van der Waals surface area (Å²) in [6, 6.07) is 0.346. The second kappa shape index (κ2) is 8.12. The number of ether oxygens (including phenoxy) is 1. The SMILES string of the molecule is CCOC(=O)CCc1csc(NC(C)CN(C)C)n1. The Kier molecular flexibility index (Phi) is 6.80. The molecule has 1 aromatic heterocycles. The molecule has 19 heavy (non-hydrogen) atoms. The summed E-state index contributed by atoms with van der Waals surface area (Å²) in [6.45, 7) is 5.33. The predicted molar refractivity (Wildman–Crippen MR) is 78.7 cm³/mol. The van der Waals surface area contributed by atoms with Crippen LogP contribution in [-0.4, -0.2) is 49.1 Å². The molecule has 0 aromatic carbocycles. The van der Waals surface area contributed by atoms with Crippen molar-refractivity contribution in [3.63, 3.8) is 0 Å².